The molecule has 5 nitrogen and oxygen atoms in total. The lowest BCUT2D eigenvalue weighted by molar-refractivity contribution is 0.0697. The molecule has 0 aliphatic rings. The molecule has 0 radical (unpaired) electrons. The fraction of sp³-hybridized carbons (Fsp3) is 0.105. The van der Waals surface area contributed by atoms with Gasteiger partial charge in [0.2, 0.25) is 0 Å². The maximum absolute atomic E-state index is 11.1. The summed E-state index contributed by atoms with van der Waals surface area (Å²) in [5, 5.41) is 13.3. The number of hydrogen-bond donors (Lipinski definition) is 2. The lowest BCUT2D eigenvalue weighted by Gasteiger charge is -2.11. The van der Waals surface area contributed by atoms with E-state index in [1.165, 1.54) is 19.2 Å². The summed E-state index contributed by atoms with van der Waals surface area (Å²) < 4.78 is 11.1. The second kappa shape index (κ2) is 7.72. The quantitative estimate of drug-likeness (QED) is 0.574. The van der Waals surface area contributed by atoms with E-state index < -0.39 is 5.97 Å². The highest BCUT2D eigenvalue weighted by Gasteiger charge is 2.11. The van der Waals surface area contributed by atoms with Gasteiger partial charge < -0.3 is 19.6 Å². The average molecular weight is 392 g/mol. The number of carbonyl (C=O) groups is 1. The van der Waals surface area contributed by atoms with Gasteiger partial charge >= 0.3 is 5.97 Å². The molecular formula is C19H15Cl2NO4. The van der Waals surface area contributed by atoms with Crippen LogP contribution in [0.15, 0.2) is 52.9 Å². The summed E-state index contributed by atoms with van der Waals surface area (Å²) in [6.45, 7) is 0.355. The van der Waals surface area contributed by atoms with Gasteiger partial charge in [-0.2, -0.15) is 0 Å². The third-order valence-corrected chi connectivity index (χ3v) is 4.14. The van der Waals surface area contributed by atoms with Crippen molar-refractivity contribution in [2.75, 3.05) is 12.4 Å². The summed E-state index contributed by atoms with van der Waals surface area (Å²) in [7, 11) is 1.52. The number of furan rings is 1. The van der Waals surface area contributed by atoms with Gasteiger partial charge in [-0.05, 0) is 48.5 Å². The molecule has 0 saturated heterocycles. The lowest BCUT2D eigenvalue weighted by atomic mass is 10.2. The third-order valence-electron chi connectivity index (χ3n) is 3.71. The van der Waals surface area contributed by atoms with Gasteiger partial charge in [0.1, 0.15) is 17.3 Å². The first-order valence-electron chi connectivity index (χ1n) is 7.66. The molecule has 0 fully saturated rings. The highest BCUT2D eigenvalue weighted by atomic mass is 35.5. The molecule has 0 bridgehead atoms. The monoisotopic (exact) mass is 391 g/mol. The Labute approximate surface area is 160 Å². The van der Waals surface area contributed by atoms with Crippen LogP contribution in [0.5, 0.6) is 5.75 Å². The lowest BCUT2D eigenvalue weighted by Crippen LogP contribution is -2.03. The van der Waals surface area contributed by atoms with Gasteiger partial charge in [0, 0.05) is 15.6 Å². The minimum atomic E-state index is -1.01. The molecular weight excluding hydrogens is 377 g/mol. The van der Waals surface area contributed by atoms with Crippen molar-refractivity contribution in [1.29, 1.82) is 0 Å². The summed E-state index contributed by atoms with van der Waals surface area (Å²) in [4.78, 5) is 11.1. The number of benzene rings is 2. The van der Waals surface area contributed by atoms with Crippen LogP contribution in [0.2, 0.25) is 10.0 Å². The second-order valence-electron chi connectivity index (χ2n) is 5.50. The molecule has 0 spiro atoms. The Bertz CT molecular complexity index is 932. The van der Waals surface area contributed by atoms with E-state index in [0.717, 1.165) is 5.56 Å². The maximum atomic E-state index is 11.1. The van der Waals surface area contributed by atoms with E-state index in [9.17, 15) is 4.79 Å². The summed E-state index contributed by atoms with van der Waals surface area (Å²) >= 11 is 12.0. The van der Waals surface area contributed by atoms with Crippen LogP contribution in [-0.4, -0.2) is 18.2 Å². The van der Waals surface area contributed by atoms with Gasteiger partial charge in [0.05, 0.1) is 24.9 Å². The van der Waals surface area contributed by atoms with Gasteiger partial charge in [0.25, 0.3) is 0 Å². The predicted molar refractivity (Wildman–Crippen MR) is 101 cm³/mol. The van der Waals surface area contributed by atoms with Crippen LogP contribution in [0.25, 0.3) is 11.3 Å². The zero-order valence-corrected chi connectivity index (χ0v) is 15.3. The smallest absolute Gasteiger partial charge is 0.335 e. The molecule has 1 aromatic heterocycles. The normalized spacial score (nSPS) is 10.6. The fourth-order valence-corrected chi connectivity index (χ4v) is 3.01. The maximum Gasteiger partial charge on any atom is 0.335 e. The standard InChI is InChI=1S/C19H15Cl2NO4/c1-25-18-4-2-11(19(23)24)8-16(18)22-10-15-3-5-17(26-15)12-6-13(20)9-14(21)7-12/h2-9,22H,10H2,1H3,(H,23,24). The topological polar surface area (TPSA) is 71.7 Å². The van der Waals surface area contributed by atoms with Crippen LogP contribution >= 0.6 is 23.2 Å². The van der Waals surface area contributed by atoms with Crippen molar-refractivity contribution < 1.29 is 19.1 Å². The molecule has 0 amide bonds. The van der Waals surface area contributed by atoms with E-state index in [4.69, 9.17) is 37.5 Å². The van der Waals surface area contributed by atoms with Crippen molar-refractivity contribution in [3.63, 3.8) is 0 Å². The Balaban J connectivity index is 1.78. The van der Waals surface area contributed by atoms with Gasteiger partial charge in [-0.1, -0.05) is 23.2 Å². The van der Waals surface area contributed by atoms with Crippen molar-refractivity contribution in [2.24, 2.45) is 0 Å². The Morgan fingerprint density at radius 2 is 1.85 bits per heavy atom. The minimum Gasteiger partial charge on any atom is -0.495 e. The molecule has 134 valence electrons. The molecule has 3 rings (SSSR count). The first-order chi connectivity index (χ1) is 12.5. The highest BCUT2D eigenvalue weighted by molar-refractivity contribution is 6.35. The van der Waals surface area contributed by atoms with E-state index >= 15 is 0 Å². The molecule has 3 aromatic rings. The highest BCUT2D eigenvalue weighted by Crippen LogP contribution is 2.30. The largest absolute Gasteiger partial charge is 0.495 e. The Morgan fingerprint density at radius 3 is 2.50 bits per heavy atom. The van der Waals surface area contributed by atoms with Gasteiger partial charge in [-0.25, -0.2) is 4.79 Å². The van der Waals surface area contributed by atoms with E-state index in [0.29, 0.717) is 39.5 Å². The van der Waals surface area contributed by atoms with Crippen molar-refractivity contribution >= 4 is 34.9 Å². The van der Waals surface area contributed by atoms with Crippen molar-refractivity contribution in [3.05, 3.63) is 69.9 Å². The van der Waals surface area contributed by atoms with E-state index in [1.54, 1.807) is 24.3 Å². The summed E-state index contributed by atoms with van der Waals surface area (Å²) in [6, 6.07) is 13.4. The predicted octanol–water partition coefficient (Wildman–Crippen LogP) is 5.57. The number of methoxy groups -OCH3 is 1. The van der Waals surface area contributed by atoms with Gasteiger partial charge in [-0.3, -0.25) is 0 Å². The molecule has 2 N–H and O–H groups in total. The Hall–Kier alpha value is -2.63. The Morgan fingerprint density at radius 1 is 1.12 bits per heavy atom. The SMILES string of the molecule is COc1ccc(C(=O)O)cc1NCc1ccc(-c2cc(Cl)cc(Cl)c2)o1. The van der Waals surface area contributed by atoms with E-state index in [2.05, 4.69) is 5.32 Å². The number of nitrogens with one attached hydrogen (secondary N) is 1. The number of hydrogen-bond acceptors (Lipinski definition) is 4. The average Bonchev–Trinajstić information content (AvgIpc) is 3.08. The number of aromatic carboxylic acids is 1. The van der Waals surface area contributed by atoms with Crippen molar-refractivity contribution in [2.45, 2.75) is 6.54 Å². The zero-order chi connectivity index (χ0) is 18.7. The summed E-state index contributed by atoms with van der Waals surface area (Å²) in [6.07, 6.45) is 0. The number of anilines is 1. The van der Waals surface area contributed by atoms with Crippen molar-refractivity contribution in [1.82, 2.24) is 0 Å². The Kier molecular flexibility index (Phi) is 5.40. The molecule has 0 aliphatic heterocycles. The fourth-order valence-electron chi connectivity index (χ4n) is 2.49. The second-order valence-corrected chi connectivity index (χ2v) is 6.37. The van der Waals surface area contributed by atoms with Crippen LogP contribution in [0, 0.1) is 0 Å². The van der Waals surface area contributed by atoms with E-state index in [1.807, 2.05) is 12.1 Å². The van der Waals surface area contributed by atoms with Gasteiger partial charge in [0.15, 0.2) is 0 Å². The molecule has 0 atom stereocenters. The van der Waals surface area contributed by atoms with Crippen LogP contribution in [0.3, 0.4) is 0 Å². The molecule has 0 saturated carbocycles. The van der Waals surface area contributed by atoms with Crippen LogP contribution < -0.4 is 10.1 Å². The third kappa shape index (κ3) is 4.12. The number of carboxylic acids is 1. The first-order valence-corrected chi connectivity index (χ1v) is 8.42. The number of rotatable bonds is 6. The molecule has 7 heteroatoms. The van der Waals surface area contributed by atoms with Crippen LogP contribution in [0.1, 0.15) is 16.1 Å². The van der Waals surface area contributed by atoms with Gasteiger partial charge in [-0.15, -0.1) is 0 Å². The van der Waals surface area contributed by atoms with Crippen molar-refractivity contribution in [3.8, 4) is 17.1 Å². The summed E-state index contributed by atoms with van der Waals surface area (Å²) in [5.41, 5.74) is 1.51. The minimum absolute atomic E-state index is 0.169. The number of carboxylic acid groups (broad SMARTS) is 1. The summed E-state index contributed by atoms with van der Waals surface area (Å²) in [5.74, 6) is 0.841. The van der Waals surface area contributed by atoms with Crippen LogP contribution in [-0.2, 0) is 6.54 Å². The molecule has 0 aliphatic carbocycles. The number of ether oxygens (including phenoxy) is 1. The first kappa shape index (κ1) is 18.2. The molecule has 1 heterocycles. The van der Waals surface area contributed by atoms with Crippen LogP contribution in [0.4, 0.5) is 5.69 Å². The molecule has 2 aromatic carbocycles. The molecule has 0 unspecified atom stereocenters. The number of halogens is 2. The molecule has 26 heavy (non-hydrogen) atoms. The zero-order valence-electron chi connectivity index (χ0n) is 13.8. The van der Waals surface area contributed by atoms with E-state index in [-0.39, 0.29) is 5.56 Å².